The molecule has 0 saturated carbocycles. The van der Waals surface area contributed by atoms with Crippen LogP contribution in [0.15, 0.2) is 53.5 Å². The molecule has 2 aliphatic rings. The fraction of sp³-hybridized carbons (Fsp3) is 0.304. The Balaban J connectivity index is 1.56. The number of fused-ring (bicyclic) bond motifs is 2. The highest BCUT2D eigenvalue weighted by Crippen LogP contribution is 2.35. The topological polar surface area (TPSA) is 89.5 Å². The van der Waals surface area contributed by atoms with E-state index in [1.54, 1.807) is 7.11 Å². The van der Waals surface area contributed by atoms with Crippen molar-refractivity contribution in [1.29, 1.82) is 0 Å². The van der Waals surface area contributed by atoms with E-state index in [-0.39, 0.29) is 6.29 Å². The molecule has 1 aliphatic heterocycles. The molecule has 30 heavy (non-hydrogen) atoms. The Bertz CT molecular complexity index is 1090. The number of hydrogen-bond acceptors (Lipinski definition) is 5. The molecule has 2 heterocycles. The molecule has 0 bridgehead atoms. The van der Waals surface area contributed by atoms with Crippen LogP contribution < -0.4 is 21.1 Å². The average molecular weight is 403 g/mol. The quantitative estimate of drug-likeness (QED) is 0.622. The number of nitrogens with one attached hydrogen (secondary N) is 2. The van der Waals surface area contributed by atoms with Crippen molar-refractivity contribution in [2.24, 2.45) is 4.99 Å². The predicted molar refractivity (Wildman–Crippen MR) is 119 cm³/mol. The maximum atomic E-state index is 6.35. The largest absolute Gasteiger partial charge is 0.495 e. The molecule has 0 amide bonds. The lowest BCUT2D eigenvalue weighted by Crippen LogP contribution is -2.43. The van der Waals surface area contributed by atoms with Crippen LogP contribution >= 0.6 is 0 Å². The number of aromatic nitrogens is 2. The molecule has 1 aromatic heterocycles. The average Bonchev–Trinajstić information content (AvgIpc) is 3.13. The lowest BCUT2D eigenvalue weighted by Gasteiger charge is -2.33. The van der Waals surface area contributed by atoms with Gasteiger partial charge in [0, 0.05) is 11.3 Å². The van der Waals surface area contributed by atoms with Gasteiger partial charge in [-0.15, -0.1) is 0 Å². The Morgan fingerprint density at radius 2 is 1.93 bits per heavy atom. The molecule has 0 fully saturated rings. The van der Waals surface area contributed by atoms with E-state index in [9.17, 15) is 0 Å². The lowest BCUT2D eigenvalue weighted by atomic mass is 10.0. The van der Waals surface area contributed by atoms with Crippen molar-refractivity contribution in [3.05, 3.63) is 71.0 Å². The monoisotopic (exact) mass is 402 g/mol. The van der Waals surface area contributed by atoms with Crippen molar-refractivity contribution in [3.8, 4) is 5.75 Å². The molecule has 2 aromatic carbocycles. The van der Waals surface area contributed by atoms with Crippen LogP contribution in [0.4, 0.5) is 11.6 Å². The minimum absolute atomic E-state index is 0.280. The number of methoxy groups -OCH3 is 1. The summed E-state index contributed by atoms with van der Waals surface area (Å²) in [5.41, 5.74) is 11.7. The molecule has 4 N–H and O–H groups in total. The Labute approximate surface area is 176 Å². The number of anilines is 2. The molecular weight excluding hydrogens is 376 g/mol. The normalized spacial score (nSPS) is 18.8. The zero-order valence-electron chi connectivity index (χ0n) is 17.1. The summed E-state index contributed by atoms with van der Waals surface area (Å²) in [7, 11) is 1.68. The first-order valence-electron chi connectivity index (χ1n) is 10.4. The number of para-hydroxylation sites is 1. The number of benzene rings is 2. The van der Waals surface area contributed by atoms with Crippen LogP contribution in [0.5, 0.6) is 5.75 Å². The van der Waals surface area contributed by atoms with Gasteiger partial charge in [0.25, 0.3) is 0 Å². The van der Waals surface area contributed by atoms with Gasteiger partial charge in [-0.1, -0.05) is 36.4 Å². The van der Waals surface area contributed by atoms with Gasteiger partial charge < -0.3 is 21.1 Å². The fourth-order valence-electron chi connectivity index (χ4n) is 4.31. The molecular formula is C23H26N6O. The third-order valence-electron chi connectivity index (χ3n) is 5.77. The van der Waals surface area contributed by atoms with Crippen molar-refractivity contribution in [2.45, 2.75) is 38.5 Å². The van der Waals surface area contributed by atoms with Gasteiger partial charge in [-0.05, 0) is 43.4 Å². The van der Waals surface area contributed by atoms with Gasteiger partial charge in [0.15, 0.2) is 6.29 Å². The number of hydrogen-bond donors (Lipinski definition) is 3. The van der Waals surface area contributed by atoms with Gasteiger partial charge in [0.05, 0.1) is 25.0 Å². The van der Waals surface area contributed by atoms with E-state index in [0.29, 0.717) is 12.5 Å². The third-order valence-corrected chi connectivity index (χ3v) is 5.77. The first kappa shape index (κ1) is 18.5. The van der Waals surface area contributed by atoms with Crippen molar-refractivity contribution in [3.63, 3.8) is 0 Å². The van der Waals surface area contributed by atoms with E-state index in [0.717, 1.165) is 59.8 Å². The van der Waals surface area contributed by atoms with Gasteiger partial charge in [0.1, 0.15) is 11.6 Å². The highest BCUT2D eigenvalue weighted by atomic mass is 16.5. The summed E-state index contributed by atoms with van der Waals surface area (Å²) in [5, 5.41) is 7.11. The molecule has 5 rings (SSSR count). The van der Waals surface area contributed by atoms with Crippen LogP contribution in [0.1, 0.15) is 41.6 Å². The first-order valence-corrected chi connectivity index (χ1v) is 10.4. The summed E-state index contributed by atoms with van der Waals surface area (Å²) >= 11 is 0. The minimum atomic E-state index is -0.280. The molecule has 0 spiro atoms. The molecule has 154 valence electrons. The van der Waals surface area contributed by atoms with Gasteiger partial charge in [0.2, 0.25) is 5.95 Å². The van der Waals surface area contributed by atoms with Gasteiger partial charge in [-0.3, -0.25) is 9.56 Å². The van der Waals surface area contributed by atoms with E-state index in [1.165, 1.54) is 5.69 Å². The number of aliphatic imine (C=N–C) groups is 1. The Hall–Kier alpha value is -3.48. The maximum Gasteiger partial charge on any atom is 0.203 e. The van der Waals surface area contributed by atoms with Gasteiger partial charge >= 0.3 is 0 Å². The van der Waals surface area contributed by atoms with Crippen LogP contribution in [0.3, 0.4) is 0 Å². The third kappa shape index (κ3) is 3.26. The van der Waals surface area contributed by atoms with E-state index < -0.39 is 0 Å². The Morgan fingerprint density at radius 3 is 2.77 bits per heavy atom. The molecule has 3 aromatic rings. The number of nitrogens with two attached hydrogens (primary N) is 1. The van der Waals surface area contributed by atoms with Crippen LogP contribution in [-0.2, 0) is 19.4 Å². The summed E-state index contributed by atoms with van der Waals surface area (Å²) in [5.74, 6) is 2.11. The number of imidazole rings is 1. The summed E-state index contributed by atoms with van der Waals surface area (Å²) in [6, 6.07) is 16.2. The summed E-state index contributed by atoms with van der Waals surface area (Å²) in [4.78, 5) is 9.54. The van der Waals surface area contributed by atoms with E-state index in [2.05, 4.69) is 32.3 Å². The summed E-state index contributed by atoms with van der Waals surface area (Å²) < 4.78 is 7.70. The van der Waals surface area contributed by atoms with Crippen molar-refractivity contribution in [2.75, 3.05) is 18.2 Å². The minimum Gasteiger partial charge on any atom is -0.495 e. The highest BCUT2D eigenvalue weighted by Gasteiger charge is 2.30. The molecule has 0 radical (unpaired) electrons. The van der Waals surface area contributed by atoms with E-state index >= 15 is 0 Å². The second-order valence-corrected chi connectivity index (χ2v) is 7.66. The fourth-order valence-corrected chi connectivity index (χ4v) is 4.31. The second kappa shape index (κ2) is 7.74. The number of nitrogen functional groups attached to an aromatic ring is 1. The second-order valence-electron chi connectivity index (χ2n) is 7.66. The smallest absolute Gasteiger partial charge is 0.203 e. The summed E-state index contributed by atoms with van der Waals surface area (Å²) in [6.45, 7) is 0.587. The molecule has 7 heteroatoms. The van der Waals surface area contributed by atoms with Crippen LogP contribution in [0, 0.1) is 0 Å². The van der Waals surface area contributed by atoms with Gasteiger partial charge in [-0.25, -0.2) is 4.98 Å². The zero-order chi connectivity index (χ0) is 20.5. The van der Waals surface area contributed by atoms with Crippen molar-refractivity contribution in [1.82, 2.24) is 14.9 Å². The first-order chi connectivity index (χ1) is 14.7. The number of rotatable bonds is 4. The number of ether oxygens (including phenoxy) is 1. The lowest BCUT2D eigenvalue weighted by molar-refractivity contribution is 0.412. The van der Waals surface area contributed by atoms with Crippen molar-refractivity contribution >= 4 is 17.5 Å². The Morgan fingerprint density at radius 1 is 1.10 bits per heavy atom. The SMILES string of the molecule is COc1cccc2c1NC(n1c(N)nc3c1CCCC3)NC2=NCc1ccccc1. The molecule has 7 nitrogen and oxygen atoms in total. The summed E-state index contributed by atoms with van der Waals surface area (Å²) in [6.07, 6.45) is 4.00. The van der Waals surface area contributed by atoms with Crippen LogP contribution in [0.25, 0.3) is 0 Å². The molecule has 1 unspecified atom stereocenters. The van der Waals surface area contributed by atoms with Crippen LogP contribution in [-0.4, -0.2) is 22.5 Å². The number of aryl methyl sites for hydroxylation is 1. The molecule has 0 saturated heterocycles. The molecule has 1 aliphatic carbocycles. The van der Waals surface area contributed by atoms with E-state index in [1.807, 2.05) is 36.4 Å². The number of nitrogens with zero attached hydrogens (tertiary/aromatic N) is 3. The zero-order valence-corrected chi connectivity index (χ0v) is 17.1. The van der Waals surface area contributed by atoms with Gasteiger partial charge in [-0.2, -0.15) is 0 Å². The van der Waals surface area contributed by atoms with Crippen molar-refractivity contribution < 1.29 is 4.74 Å². The van der Waals surface area contributed by atoms with Crippen LogP contribution in [0.2, 0.25) is 0 Å². The molecule has 1 atom stereocenters. The Kier molecular flexibility index (Phi) is 4.78. The predicted octanol–water partition coefficient (Wildman–Crippen LogP) is 3.47. The standard InChI is InChI=1S/C23H26N6O/c1-30-19-13-7-10-16-20(19)27-23(28-21(16)25-14-15-8-3-2-4-9-15)29-18-12-6-5-11-17(18)26-22(29)24/h2-4,7-10,13,23,27H,5-6,11-12,14H2,1H3,(H2,24,26)(H,25,28). The highest BCUT2D eigenvalue weighted by molar-refractivity contribution is 6.06. The maximum absolute atomic E-state index is 6.35. The number of amidine groups is 1. The van der Waals surface area contributed by atoms with E-state index in [4.69, 9.17) is 15.5 Å².